The molecule has 0 saturated heterocycles. The number of rotatable bonds is 6. The zero-order chi connectivity index (χ0) is 20.9. The number of ether oxygens (including phenoxy) is 3. The summed E-state index contributed by atoms with van der Waals surface area (Å²) in [7, 11) is 0. The van der Waals surface area contributed by atoms with E-state index in [0.29, 0.717) is 34.1 Å². The number of para-hydroxylation sites is 2. The van der Waals surface area contributed by atoms with E-state index in [4.69, 9.17) is 14.2 Å². The smallest absolute Gasteiger partial charge is 0.335 e. The fraction of sp³-hybridized carbons (Fsp3) is 0.0385. The Labute approximate surface area is 174 Å². The van der Waals surface area contributed by atoms with Crippen LogP contribution in [0.15, 0.2) is 97.6 Å². The first-order valence-electron chi connectivity index (χ1n) is 9.51. The van der Waals surface area contributed by atoms with E-state index in [1.807, 2.05) is 85.8 Å². The average molecular weight is 396 g/mol. The van der Waals surface area contributed by atoms with Crippen LogP contribution in [0.2, 0.25) is 0 Å². The van der Waals surface area contributed by atoms with Crippen molar-refractivity contribution in [1.29, 1.82) is 0 Å². The van der Waals surface area contributed by atoms with Crippen molar-refractivity contribution in [1.82, 2.24) is 0 Å². The molecule has 0 spiro atoms. The van der Waals surface area contributed by atoms with E-state index >= 15 is 0 Å². The molecule has 0 unspecified atom stereocenters. The highest BCUT2D eigenvalue weighted by Gasteiger charge is 2.19. The molecule has 148 valence electrons. The Hall–Kier alpha value is -4.05. The van der Waals surface area contributed by atoms with Crippen molar-refractivity contribution >= 4 is 16.7 Å². The van der Waals surface area contributed by atoms with E-state index in [2.05, 4.69) is 6.58 Å². The minimum absolute atomic E-state index is 0.319. The molecule has 0 aliphatic heterocycles. The van der Waals surface area contributed by atoms with E-state index in [1.165, 1.54) is 0 Å². The van der Waals surface area contributed by atoms with Crippen LogP contribution in [0.25, 0.3) is 10.8 Å². The molecule has 4 aromatic rings. The number of carbonyl (C=O) groups is 1. The summed E-state index contributed by atoms with van der Waals surface area (Å²) in [4.78, 5) is 12.0. The van der Waals surface area contributed by atoms with Crippen LogP contribution < -0.4 is 14.2 Å². The summed E-state index contributed by atoms with van der Waals surface area (Å²) >= 11 is 0. The topological polar surface area (TPSA) is 44.8 Å². The quantitative estimate of drug-likeness (QED) is 0.204. The lowest BCUT2D eigenvalue weighted by molar-refractivity contribution is -0.128. The van der Waals surface area contributed by atoms with Crippen molar-refractivity contribution in [2.24, 2.45) is 0 Å². The maximum atomic E-state index is 12.0. The summed E-state index contributed by atoms with van der Waals surface area (Å²) in [5.41, 5.74) is 1.05. The predicted octanol–water partition coefficient (Wildman–Crippen LogP) is 6.82. The molecule has 0 saturated carbocycles. The van der Waals surface area contributed by atoms with E-state index in [-0.39, 0.29) is 0 Å². The van der Waals surface area contributed by atoms with Crippen molar-refractivity contribution in [3.8, 4) is 28.7 Å². The fourth-order valence-electron chi connectivity index (χ4n) is 3.09. The van der Waals surface area contributed by atoms with E-state index < -0.39 is 5.97 Å². The second kappa shape index (κ2) is 8.53. The lowest BCUT2D eigenvalue weighted by atomic mass is 10.0. The highest BCUT2D eigenvalue weighted by atomic mass is 16.6. The summed E-state index contributed by atoms with van der Waals surface area (Å²) in [5, 5.41) is 1.52. The molecule has 0 bridgehead atoms. The van der Waals surface area contributed by atoms with Gasteiger partial charge in [0.05, 0.1) is 0 Å². The minimum atomic E-state index is -0.563. The molecule has 0 aromatic heterocycles. The Kier molecular flexibility index (Phi) is 5.48. The minimum Gasteiger partial charge on any atom is -0.457 e. The Morgan fingerprint density at radius 3 is 1.97 bits per heavy atom. The molecule has 4 nitrogen and oxygen atoms in total. The van der Waals surface area contributed by atoms with Crippen LogP contribution >= 0.6 is 0 Å². The summed E-state index contributed by atoms with van der Waals surface area (Å²) in [6.07, 6.45) is 1.13. The van der Waals surface area contributed by atoms with Crippen LogP contribution in [-0.2, 0) is 4.79 Å². The van der Waals surface area contributed by atoms with Crippen LogP contribution in [0.4, 0.5) is 0 Å². The summed E-state index contributed by atoms with van der Waals surface area (Å²) in [6, 6.07) is 26.4. The number of esters is 1. The maximum absolute atomic E-state index is 12.0. The van der Waals surface area contributed by atoms with Gasteiger partial charge in [-0.05, 0) is 37.3 Å². The molecule has 4 heteroatoms. The summed E-state index contributed by atoms with van der Waals surface area (Å²) in [6.45, 7) is 5.49. The Balaban J connectivity index is 1.91. The zero-order valence-electron chi connectivity index (χ0n) is 16.5. The van der Waals surface area contributed by atoms with Crippen LogP contribution in [0, 0.1) is 6.92 Å². The first-order valence-corrected chi connectivity index (χ1v) is 9.51. The first-order chi connectivity index (χ1) is 14.6. The van der Waals surface area contributed by atoms with Crippen molar-refractivity contribution in [3.05, 3.63) is 103 Å². The standard InChI is InChI=1S/C26H20O4/c1-3-25(27)30-26-21-15-14-18(2)16-22(21)23(28-19-10-6-4-7-11-19)17-24(26)29-20-12-8-5-9-13-20/h3-17H,1H2,2H3. The molecule has 0 fully saturated rings. The second-order valence-electron chi connectivity index (χ2n) is 6.71. The third-order valence-electron chi connectivity index (χ3n) is 4.48. The number of fused-ring (bicyclic) bond motifs is 1. The number of hydrogen-bond donors (Lipinski definition) is 0. The number of aryl methyl sites for hydroxylation is 1. The molecule has 4 aromatic carbocycles. The Bertz CT molecular complexity index is 1200. The van der Waals surface area contributed by atoms with Crippen molar-refractivity contribution in [2.45, 2.75) is 6.92 Å². The summed E-state index contributed by atoms with van der Waals surface area (Å²) in [5.74, 6) is 2.04. The average Bonchev–Trinajstić information content (AvgIpc) is 2.77. The van der Waals surface area contributed by atoms with Crippen LogP contribution in [0.1, 0.15) is 5.56 Å². The van der Waals surface area contributed by atoms with Gasteiger partial charge in [0, 0.05) is 22.9 Å². The monoisotopic (exact) mass is 396 g/mol. The molecule has 0 heterocycles. The van der Waals surface area contributed by atoms with E-state index in [9.17, 15) is 4.79 Å². The van der Waals surface area contributed by atoms with Gasteiger partial charge in [-0.2, -0.15) is 0 Å². The first kappa shape index (κ1) is 19.3. The van der Waals surface area contributed by atoms with Crippen molar-refractivity contribution in [2.75, 3.05) is 0 Å². The molecule has 30 heavy (non-hydrogen) atoms. The van der Waals surface area contributed by atoms with Gasteiger partial charge in [0.15, 0.2) is 11.5 Å². The van der Waals surface area contributed by atoms with Gasteiger partial charge in [-0.1, -0.05) is 60.7 Å². The van der Waals surface area contributed by atoms with Crippen LogP contribution in [0.3, 0.4) is 0 Å². The zero-order valence-corrected chi connectivity index (χ0v) is 16.5. The van der Waals surface area contributed by atoms with Gasteiger partial charge in [0.2, 0.25) is 0 Å². The number of benzene rings is 4. The normalized spacial score (nSPS) is 10.4. The molecule has 0 atom stereocenters. The third kappa shape index (κ3) is 4.18. The second-order valence-corrected chi connectivity index (χ2v) is 6.71. The molecule has 0 radical (unpaired) electrons. The van der Waals surface area contributed by atoms with Crippen molar-refractivity contribution < 1.29 is 19.0 Å². The molecule has 0 aliphatic rings. The Morgan fingerprint density at radius 1 is 0.767 bits per heavy atom. The third-order valence-corrected chi connectivity index (χ3v) is 4.48. The molecule has 4 rings (SSSR count). The molecule has 0 amide bonds. The lowest BCUT2D eigenvalue weighted by Gasteiger charge is -2.17. The summed E-state index contributed by atoms with van der Waals surface area (Å²) < 4.78 is 17.8. The predicted molar refractivity (Wildman–Crippen MR) is 118 cm³/mol. The molecule has 0 N–H and O–H groups in total. The van der Waals surface area contributed by atoms with Gasteiger partial charge in [-0.15, -0.1) is 0 Å². The van der Waals surface area contributed by atoms with Gasteiger partial charge in [0.1, 0.15) is 17.2 Å². The maximum Gasteiger partial charge on any atom is 0.335 e. The SMILES string of the molecule is C=CC(=O)Oc1c(Oc2ccccc2)cc(Oc2ccccc2)c2cc(C)ccc12. The highest BCUT2D eigenvalue weighted by Crippen LogP contribution is 2.45. The van der Waals surface area contributed by atoms with Gasteiger partial charge in [0.25, 0.3) is 0 Å². The highest BCUT2D eigenvalue weighted by molar-refractivity contribution is 5.98. The van der Waals surface area contributed by atoms with Gasteiger partial charge < -0.3 is 14.2 Å². The largest absolute Gasteiger partial charge is 0.457 e. The Morgan fingerprint density at radius 2 is 1.37 bits per heavy atom. The molecular weight excluding hydrogens is 376 g/mol. The van der Waals surface area contributed by atoms with E-state index in [0.717, 1.165) is 17.0 Å². The molecular formula is C26H20O4. The van der Waals surface area contributed by atoms with Crippen LogP contribution in [-0.4, -0.2) is 5.97 Å². The number of hydrogen-bond acceptors (Lipinski definition) is 4. The number of carbonyl (C=O) groups excluding carboxylic acids is 1. The van der Waals surface area contributed by atoms with E-state index in [1.54, 1.807) is 6.07 Å². The fourth-order valence-corrected chi connectivity index (χ4v) is 3.09. The van der Waals surface area contributed by atoms with Gasteiger partial charge in [-0.25, -0.2) is 4.79 Å². The van der Waals surface area contributed by atoms with Gasteiger partial charge in [-0.3, -0.25) is 0 Å². The molecule has 0 aliphatic carbocycles. The van der Waals surface area contributed by atoms with Crippen LogP contribution in [0.5, 0.6) is 28.7 Å². The van der Waals surface area contributed by atoms with Gasteiger partial charge >= 0.3 is 5.97 Å². The lowest BCUT2D eigenvalue weighted by Crippen LogP contribution is -2.05. The van der Waals surface area contributed by atoms with Crippen molar-refractivity contribution in [3.63, 3.8) is 0 Å².